The average molecular weight is 270 g/mol. The Morgan fingerprint density at radius 1 is 0.947 bits per heavy atom. The maximum absolute atomic E-state index is 11.7. The second-order valence-electron chi connectivity index (χ2n) is 3.36. The maximum atomic E-state index is 11.7. The van der Waals surface area contributed by atoms with Gasteiger partial charge in [0, 0.05) is 6.08 Å². The molecule has 0 aliphatic carbocycles. The molecule has 0 aromatic rings. The van der Waals surface area contributed by atoms with Crippen LogP contribution in [-0.4, -0.2) is 38.2 Å². The summed E-state index contributed by atoms with van der Waals surface area (Å²) in [6.07, 6.45) is 2.41. The molecule has 0 rings (SSSR count). The topological polar surface area (TPSA) is 78.9 Å². The molecule has 19 heavy (non-hydrogen) atoms. The summed E-state index contributed by atoms with van der Waals surface area (Å²) in [5.41, 5.74) is 0.0335. The Labute approximate surface area is 112 Å². The molecular formula is C13H18O6. The van der Waals surface area contributed by atoms with Crippen LogP contribution in [0.5, 0.6) is 0 Å². The van der Waals surface area contributed by atoms with E-state index in [0.717, 1.165) is 6.08 Å². The molecule has 0 aliphatic heterocycles. The van der Waals surface area contributed by atoms with Crippen LogP contribution in [0.2, 0.25) is 0 Å². The van der Waals surface area contributed by atoms with Crippen LogP contribution in [-0.2, 0) is 28.6 Å². The fraction of sp³-hybridized carbons (Fsp3) is 0.462. The Hall–Kier alpha value is -2.11. The van der Waals surface area contributed by atoms with Gasteiger partial charge in [-0.15, -0.1) is 0 Å². The van der Waals surface area contributed by atoms with Crippen LogP contribution in [0.25, 0.3) is 0 Å². The van der Waals surface area contributed by atoms with Crippen molar-refractivity contribution in [1.29, 1.82) is 0 Å². The summed E-state index contributed by atoms with van der Waals surface area (Å²) in [7, 11) is 1.23. The van der Waals surface area contributed by atoms with Crippen molar-refractivity contribution in [1.82, 2.24) is 0 Å². The Morgan fingerprint density at radius 3 is 1.79 bits per heavy atom. The zero-order valence-electron chi connectivity index (χ0n) is 11.5. The zero-order valence-corrected chi connectivity index (χ0v) is 11.5. The molecule has 6 nitrogen and oxygen atoms in total. The van der Waals surface area contributed by atoms with E-state index in [2.05, 4.69) is 4.74 Å². The number of carbonyl (C=O) groups excluding carboxylic acids is 3. The van der Waals surface area contributed by atoms with E-state index >= 15 is 0 Å². The SMILES string of the molecule is CCOC(=O)C(C(=O)OCC)=C(C)/C=C/C(=O)OC. The molecule has 0 heterocycles. The molecule has 0 bridgehead atoms. The molecule has 0 saturated carbocycles. The minimum atomic E-state index is -0.784. The zero-order chi connectivity index (χ0) is 14.8. The number of allylic oxidation sites excluding steroid dienone is 2. The van der Waals surface area contributed by atoms with E-state index in [4.69, 9.17) is 9.47 Å². The number of carbonyl (C=O) groups is 3. The maximum Gasteiger partial charge on any atom is 0.345 e. The third kappa shape index (κ3) is 5.85. The normalized spacial score (nSPS) is 9.89. The lowest BCUT2D eigenvalue weighted by Crippen LogP contribution is -2.19. The second kappa shape index (κ2) is 8.91. The summed E-state index contributed by atoms with van der Waals surface area (Å²) in [6, 6.07) is 0. The highest BCUT2D eigenvalue weighted by atomic mass is 16.6. The van der Waals surface area contributed by atoms with E-state index in [9.17, 15) is 14.4 Å². The predicted molar refractivity (Wildman–Crippen MR) is 67.1 cm³/mol. The molecule has 6 heteroatoms. The van der Waals surface area contributed by atoms with Gasteiger partial charge in [0.2, 0.25) is 0 Å². The van der Waals surface area contributed by atoms with E-state index in [0.29, 0.717) is 0 Å². The smallest absolute Gasteiger partial charge is 0.345 e. The monoisotopic (exact) mass is 270 g/mol. The summed E-state index contributed by atoms with van der Waals surface area (Å²) in [5.74, 6) is -2.16. The fourth-order valence-corrected chi connectivity index (χ4v) is 1.16. The van der Waals surface area contributed by atoms with Crippen LogP contribution < -0.4 is 0 Å². The Kier molecular flexibility index (Phi) is 7.92. The van der Waals surface area contributed by atoms with Crippen molar-refractivity contribution in [2.24, 2.45) is 0 Å². The number of methoxy groups -OCH3 is 1. The van der Waals surface area contributed by atoms with E-state index in [-0.39, 0.29) is 24.4 Å². The van der Waals surface area contributed by atoms with Gasteiger partial charge in [-0.3, -0.25) is 0 Å². The first-order chi connectivity index (χ1) is 8.97. The largest absolute Gasteiger partial charge is 0.466 e. The molecule has 0 aromatic carbocycles. The van der Waals surface area contributed by atoms with Crippen LogP contribution in [0, 0.1) is 0 Å². The first kappa shape index (κ1) is 16.9. The molecule has 0 unspecified atom stereocenters. The van der Waals surface area contributed by atoms with Crippen molar-refractivity contribution in [3.05, 3.63) is 23.3 Å². The standard InChI is InChI=1S/C13H18O6/c1-5-18-12(15)11(13(16)19-6-2)9(3)7-8-10(14)17-4/h7-8H,5-6H2,1-4H3/b8-7+. The molecule has 0 atom stereocenters. The lowest BCUT2D eigenvalue weighted by Gasteiger charge is -2.08. The lowest BCUT2D eigenvalue weighted by atomic mass is 10.1. The highest BCUT2D eigenvalue weighted by Gasteiger charge is 2.23. The summed E-state index contributed by atoms with van der Waals surface area (Å²) >= 11 is 0. The number of hydrogen-bond acceptors (Lipinski definition) is 6. The van der Waals surface area contributed by atoms with Crippen LogP contribution in [0.1, 0.15) is 20.8 Å². The summed E-state index contributed by atoms with van der Waals surface area (Å²) in [6.45, 7) is 5.02. The molecule has 0 aliphatic rings. The van der Waals surface area contributed by atoms with Crippen molar-refractivity contribution >= 4 is 17.9 Å². The van der Waals surface area contributed by atoms with E-state index in [1.807, 2.05) is 0 Å². The number of rotatable bonds is 6. The quantitative estimate of drug-likeness (QED) is 0.180. The Morgan fingerprint density at radius 2 is 1.42 bits per heavy atom. The van der Waals surface area contributed by atoms with Crippen LogP contribution in [0.4, 0.5) is 0 Å². The second-order valence-corrected chi connectivity index (χ2v) is 3.36. The summed E-state index contributed by atoms with van der Waals surface area (Å²) < 4.78 is 14.0. The summed E-state index contributed by atoms with van der Waals surface area (Å²) in [5, 5.41) is 0. The third-order valence-corrected chi connectivity index (χ3v) is 2.02. The van der Waals surface area contributed by atoms with Crippen LogP contribution in [0.3, 0.4) is 0 Å². The molecule has 0 radical (unpaired) electrons. The predicted octanol–water partition coefficient (Wildman–Crippen LogP) is 1.16. The molecule has 0 spiro atoms. The molecular weight excluding hydrogens is 252 g/mol. The Balaban J connectivity index is 5.29. The van der Waals surface area contributed by atoms with Gasteiger partial charge >= 0.3 is 17.9 Å². The van der Waals surface area contributed by atoms with Gasteiger partial charge < -0.3 is 14.2 Å². The summed E-state index contributed by atoms with van der Waals surface area (Å²) in [4.78, 5) is 34.3. The van der Waals surface area contributed by atoms with Crippen LogP contribution in [0.15, 0.2) is 23.3 Å². The number of hydrogen-bond donors (Lipinski definition) is 0. The lowest BCUT2D eigenvalue weighted by molar-refractivity contribution is -0.146. The van der Waals surface area contributed by atoms with Gasteiger partial charge in [-0.1, -0.05) is 6.08 Å². The third-order valence-electron chi connectivity index (χ3n) is 2.02. The van der Waals surface area contributed by atoms with Crippen molar-refractivity contribution in [2.45, 2.75) is 20.8 Å². The number of esters is 3. The molecule has 0 N–H and O–H groups in total. The average Bonchev–Trinajstić information content (AvgIpc) is 2.36. The Bertz CT molecular complexity index is 385. The van der Waals surface area contributed by atoms with E-state index in [1.165, 1.54) is 20.1 Å². The first-order valence-electron chi connectivity index (χ1n) is 5.79. The molecule has 0 fully saturated rings. The van der Waals surface area contributed by atoms with Gasteiger partial charge in [-0.2, -0.15) is 0 Å². The molecule has 106 valence electrons. The van der Waals surface area contributed by atoms with E-state index in [1.54, 1.807) is 13.8 Å². The van der Waals surface area contributed by atoms with Gasteiger partial charge in [-0.05, 0) is 26.3 Å². The van der Waals surface area contributed by atoms with E-state index < -0.39 is 17.9 Å². The molecule has 0 saturated heterocycles. The molecule has 0 amide bonds. The van der Waals surface area contributed by atoms with Gasteiger partial charge in [-0.25, -0.2) is 14.4 Å². The highest BCUT2D eigenvalue weighted by Crippen LogP contribution is 2.11. The number of ether oxygens (including phenoxy) is 3. The first-order valence-corrected chi connectivity index (χ1v) is 5.79. The van der Waals surface area contributed by atoms with Gasteiger partial charge in [0.15, 0.2) is 0 Å². The minimum Gasteiger partial charge on any atom is -0.466 e. The van der Waals surface area contributed by atoms with Gasteiger partial charge in [0.25, 0.3) is 0 Å². The minimum absolute atomic E-state index is 0.135. The van der Waals surface area contributed by atoms with Gasteiger partial charge in [0.1, 0.15) is 5.57 Å². The van der Waals surface area contributed by atoms with Crippen molar-refractivity contribution in [3.8, 4) is 0 Å². The van der Waals surface area contributed by atoms with Gasteiger partial charge in [0.05, 0.1) is 20.3 Å². The van der Waals surface area contributed by atoms with Crippen LogP contribution >= 0.6 is 0 Å². The highest BCUT2D eigenvalue weighted by molar-refractivity contribution is 6.15. The van der Waals surface area contributed by atoms with Crippen molar-refractivity contribution < 1.29 is 28.6 Å². The van der Waals surface area contributed by atoms with Crippen molar-refractivity contribution in [3.63, 3.8) is 0 Å². The molecule has 0 aromatic heterocycles. The van der Waals surface area contributed by atoms with Crippen molar-refractivity contribution in [2.75, 3.05) is 20.3 Å². The fourth-order valence-electron chi connectivity index (χ4n) is 1.16.